The van der Waals surface area contributed by atoms with E-state index in [0.717, 1.165) is 60.9 Å². The zero-order valence-electron chi connectivity index (χ0n) is 64.7. The summed E-state index contributed by atoms with van der Waals surface area (Å²) in [4.78, 5) is 113. The third kappa shape index (κ3) is 17.4. The zero-order valence-corrected chi connectivity index (χ0v) is 69.6. The molecular formula is C79H68N16O24S6. The van der Waals surface area contributed by atoms with Crippen LogP contribution in [-0.4, -0.2) is 129 Å². The summed E-state index contributed by atoms with van der Waals surface area (Å²) in [5.74, 6) is -3.47. The van der Waals surface area contributed by atoms with E-state index in [4.69, 9.17) is 25.4 Å². The highest BCUT2D eigenvalue weighted by atomic mass is 32.2. The van der Waals surface area contributed by atoms with Crippen LogP contribution in [0, 0.1) is 11.8 Å². The molecule has 0 saturated heterocycles. The second kappa shape index (κ2) is 35.0. The maximum Gasteiger partial charge on any atom is 0.296 e. The Morgan fingerprint density at radius 1 is 0.448 bits per heavy atom. The summed E-state index contributed by atoms with van der Waals surface area (Å²) in [5, 5.41) is 58.0. The molecule has 4 atom stereocenters. The van der Waals surface area contributed by atoms with Crippen LogP contribution in [0.25, 0.3) is 44.1 Å². The van der Waals surface area contributed by atoms with Crippen molar-refractivity contribution in [3.8, 4) is 22.3 Å². The van der Waals surface area contributed by atoms with Gasteiger partial charge in [-0.2, -0.15) is 55.2 Å². The summed E-state index contributed by atoms with van der Waals surface area (Å²) in [6, 6.07) is 32.6. The molecule has 0 spiro atoms. The lowest BCUT2D eigenvalue weighted by Crippen LogP contribution is -2.32. The molecule has 40 nitrogen and oxygen atoms in total. The molecule has 0 radical (unpaired) electrons. The van der Waals surface area contributed by atoms with Crippen molar-refractivity contribution in [1.29, 1.82) is 0 Å². The van der Waals surface area contributed by atoms with Gasteiger partial charge in [-0.15, -0.1) is 13.0 Å². The van der Waals surface area contributed by atoms with Gasteiger partial charge in [0.15, 0.2) is 23.1 Å². The SMILES string of the molecule is Cn1c(=O)c(C(=O)c2cccc(SOOO)c2)c2c3c(c(Nc4cc(Nc5nc(N)nc(NC6CCCC(CC7CCCC(Nc8nc(N)nc(Nc9cc(Nc%10ccc%11c%12c%10C(=O)c%10ccccc%10-c%12c(C(=O)c%10cccc(S(=O)(=O)O)c%10)c(=O)n%11C)c(S(=O)(=O)O)cc9SOOO)n8)C7)C6)n5)c(S(=O)(=O)O)cc4SOOO)ccc31)C(=O)c1ccccc1-2. The molecule has 125 heavy (non-hydrogen) atoms. The fourth-order valence-corrected chi connectivity index (χ4v) is 20.0. The lowest BCUT2D eigenvalue weighted by Gasteiger charge is -2.35. The number of pyridine rings is 2. The van der Waals surface area contributed by atoms with Crippen LogP contribution in [0.3, 0.4) is 0 Å². The fourth-order valence-electron chi connectivity index (χ4n) is 16.7. The van der Waals surface area contributed by atoms with Gasteiger partial charge in [0, 0.05) is 75.2 Å². The molecule has 16 N–H and O–H groups in total. The topological polar surface area (TPSA) is 593 Å². The Balaban J connectivity index is 0.630. The standard InChI is InChI=1S/C79H68N16O24S6/c1-94-54-25-23-48(62-64(54)60(44-19-3-5-21-46(44)70(62)98)66(72(94)100)68(96)38-13-9-17-42(30-38)120-117-114-102)84-50-32-53(59(125(111,112)113)34-56(50)121-118-115-103)87-79-91-75(81)89-77(93-79)83-41-16-8-12-37(29-41)27-36-11-7-15-40(28-36)82-76-88-74(80)90-78(92-76)86-51-33-52(58(124(108,109)110)35-57(51)122-119-116-104)85-49-24-26-55-65-61(45-20-4-6-22-47(45)71(99)63(49)65)67(73(101)95(55)2)69(97)39-14-10-18-43(31-39)123(105,106)107/h3-6,9-10,13-14,17-26,30-37,40-41,84-85,102-104H,7-8,11-12,15-16,27-29H2,1-2H3,(H,105,106,107)(H,108,109,110)(H,111,112,113)(H4,80,82,86,88,90,92)(H4,81,83,87,89,91,93). The number of anilines is 12. The van der Waals surface area contributed by atoms with Crippen LogP contribution in [0.4, 0.5) is 69.8 Å². The van der Waals surface area contributed by atoms with Crippen molar-refractivity contribution in [2.24, 2.45) is 25.9 Å². The summed E-state index contributed by atoms with van der Waals surface area (Å²) in [7, 11) is -12.4. The predicted octanol–water partition coefficient (Wildman–Crippen LogP) is 12.8. The number of carbonyl (C=O) groups excluding carboxylic acids is 4. The molecule has 4 aromatic heterocycles. The van der Waals surface area contributed by atoms with E-state index < -0.39 is 84.9 Å². The number of fused-ring (bicyclic) bond motifs is 4. The molecule has 0 bridgehead atoms. The van der Waals surface area contributed by atoms with E-state index in [1.54, 1.807) is 36.4 Å². The first kappa shape index (κ1) is 86.2. The Labute approximate surface area is 719 Å². The third-order valence-electron chi connectivity index (χ3n) is 21.8. The number of hydrogen-bond acceptors (Lipinski definition) is 38. The van der Waals surface area contributed by atoms with Crippen LogP contribution >= 0.6 is 36.1 Å². The van der Waals surface area contributed by atoms with Gasteiger partial charge in [-0.3, -0.25) is 42.4 Å². The van der Waals surface area contributed by atoms with Gasteiger partial charge >= 0.3 is 0 Å². The Kier molecular flexibility index (Phi) is 24.2. The van der Waals surface area contributed by atoms with E-state index in [1.165, 1.54) is 104 Å². The maximum absolute atomic E-state index is 15.0. The second-order valence-electron chi connectivity index (χ2n) is 29.4. The molecule has 4 heterocycles. The minimum Gasteiger partial charge on any atom is -0.368 e. The molecule has 46 heteroatoms. The first-order valence-corrected chi connectivity index (χ1v) is 44.2. The average molecular weight is 1820 g/mol. The van der Waals surface area contributed by atoms with Crippen LogP contribution in [0.1, 0.15) is 121 Å². The monoisotopic (exact) mass is 1820 g/mol. The van der Waals surface area contributed by atoms with E-state index in [9.17, 15) is 73.4 Å². The quantitative estimate of drug-likeness (QED) is 0.00653. The normalized spacial score (nSPS) is 16.2. The predicted molar refractivity (Wildman–Crippen MR) is 455 cm³/mol. The number of rotatable bonds is 30. The molecule has 4 aliphatic carbocycles. The number of nitrogens with one attached hydrogen (secondary N) is 6. The maximum atomic E-state index is 15.0. The number of hydrogen-bond donors (Lipinski definition) is 14. The summed E-state index contributed by atoms with van der Waals surface area (Å²) < 4.78 is 126. The highest BCUT2D eigenvalue weighted by Gasteiger charge is 2.39. The Bertz CT molecular complexity index is 7010. The van der Waals surface area contributed by atoms with Crippen molar-refractivity contribution in [3.63, 3.8) is 0 Å². The van der Waals surface area contributed by atoms with E-state index in [2.05, 4.69) is 81.3 Å². The van der Waals surface area contributed by atoms with Crippen LogP contribution in [-0.2, 0) is 72.6 Å². The van der Waals surface area contributed by atoms with E-state index in [1.807, 2.05) is 0 Å². The number of nitrogen functional groups attached to an aromatic ring is 2. The smallest absolute Gasteiger partial charge is 0.296 e. The Hall–Kier alpha value is -12.3. The van der Waals surface area contributed by atoms with Gasteiger partial charge in [0.2, 0.25) is 35.7 Å². The van der Waals surface area contributed by atoms with Gasteiger partial charge in [0.1, 0.15) is 9.79 Å². The molecule has 8 aromatic carbocycles. The van der Waals surface area contributed by atoms with Gasteiger partial charge in [0.25, 0.3) is 41.5 Å². The summed E-state index contributed by atoms with van der Waals surface area (Å²) in [6.45, 7) is 0. The summed E-state index contributed by atoms with van der Waals surface area (Å²) >= 11 is 1.18. The third-order valence-corrected chi connectivity index (χ3v) is 26.3. The van der Waals surface area contributed by atoms with Crippen molar-refractivity contribution in [1.82, 2.24) is 39.0 Å². The summed E-state index contributed by atoms with van der Waals surface area (Å²) in [5.41, 5.74) is 10.1. The van der Waals surface area contributed by atoms with Crippen LogP contribution < -0.4 is 54.5 Å². The van der Waals surface area contributed by atoms with Crippen LogP contribution in [0.2, 0.25) is 0 Å². The van der Waals surface area contributed by atoms with Gasteiger partial charge in [-0.1, -0.05) is 114 Å². The van der Waals surface area contributed by atoms with Gasteiger partial charge in [0.05, 0.1) is 118 Å². The summed E-state index contributed by atoms with van der Waals surface area (Å²) in [6.07, 6.45) is 6.92. The lowest BCUT2D eigenvalue weighted by atomic mass is 9.75. The van der Waals surface area contributed by atoms with E-state index in [-0.39, 0.29) is 199 Å². The molecule has 4 unspecified atom stereocenters. The molecule has 2 saturated carbocycles. The molecule has 16 rings (SSSR count). The lowest BCUT2D eigenvalue weighted by molar-refractivity contribution is -0.432. The zero-order chi connectivity index (χ0) is 88.2. The number of ketones is 4. The Morgan fingerprint density at radius 2 is 0.864 bits per heavy atom. The minimum absolute atomic E-state index is 0.0122. The minimum atomic E-state index is -5.23. The number of nitrogens with zero attached hydrogens (tertiary/aromatic N) is 8. The van der Waals surface area contributed by atoms with Gasteiger partial charge in [-0.25, -0.2) is 15.8 Å². The van der Waals surface area contributed by atoms with Gasteiger partial charge in [-0.05, 0) is 128 Å². The molecule has 0 amide bonds. The highest BCUT2D eigenvalue weighted by molar-refractivity contribution is 7.95. The number of nitrogens with two attached hydrogens (primary N) is 2. The van der Waals surface area contributed by atoms with Crippen LogP contribution in [0.5, 0.6) is 0 Å². The number of benzene rings is 8. The van der Waals surface area contributed by atoms with Crippen molar-refractivity contribution in [2.75, 3.05) is 43.4 Å². The largest absolute Gasteiger partial charge is 0.368 e. The molecule has 4 aliphatic rings. The van der Waals surface area contributed by atoms with Crippen molar-refractivity contribution in [2.45, 2.75) is 99.2 Å². The van der Waals surface area contributed by atoms with Crippen molar-refractivity contribution in [3.05, 3.63) is 211 Å². The van der Waals surface area contributed by atoms with Gasteiger partial charge < -0.3 is 52.5 Å². The van der Waals surface area contributed by atoms with E-state index in [0.29, 0.717) is 54.7 Å². The number of carbonyl (C=O) groups is 4. The first-order chi connectivity index (χ1) is 59.8. The van der Waals surface area contributed by atoms with Crippen LogP contribution in [0.15, 0.2) is 185 Å². The van der Waals surface area contributed by atoms with Crippen molar-refractivity contribution < 1.29 is 102 Å². The number of aromatic nitrogens is 8. The molecule has 2 fully saturated rings. The van der Waals surface area contributed by atoms with Crippen molar-refractivity contribution >= 4 is 181 Å². The molecule has 12 aromatic rings. The highest BCUT2D eigenvalue weighted by Crippen LogP contribution is 2.50. The molecular weight excluding hydrogens is 1750 g/mol. The Morgan fingerprint density at radius 3 is 1.33 bits per heavy atom. The fraction of sp³-hybridized carbons (Fsp3) is 0.190. The molecule has 0 aliphatic heterocycles. The molecule has 644 valence electrons. The first-order valence-electron chi connectivity index (χ1n) is 37.7. The second-order valence-corrected chi connectivity index (χ2v) is 35.9. The number of aryl methyl sites for hydroxylation is 2. The van der Waals surface area contributed by atoms with E-state index >= 15 is 4.79 Å². The average Bonchev–Trinajstić information content (AvgIpc) is 0.710.